The maximum Gasteiger partial charge on any atom is 0.277 e. The first kappa shape index (κ1) is 13.5. The molecule has 1 rings (SSSR count). The van der Waals surface area contributed by atoms with Crippen molar-refractivity contribution in [1.29, 1.82) is 0 Å². The van der Waals surface area contributed by atoms with E-state index in [1.165, 1.54) is 7.11 Å². The van der Waals surface area contributed by atoms with Crippen molar-refractivity contribution in [2.75, 3.05) is 13.7 Å². The summed E-state index contributed by atoms with van der Waals surface area (Å²) >= 11 is 0. The van der Waals surface area contributed by atoms with Crippen LogP contribution in [0, 0.1) is 13.8 Å². The number of carbonyl (C=O) groups excluding carboxylic acids is 1. The van der Waals surface area contributed by atoms with Gasteiger partial charge in [-0.15, -0.1) is 0 Å². The molecule has 0 aliphatic heterocycles. The lowest BCUT2D eigenvalue weighted by Gasteiger charge is -2.17. The van der Waals surface area contributed by atoms with Crippen molar-refractivity contribution in [1.82, 2.24) is 5.43 Å². The standard InChI is InChI=1S/C12H18N2O3/c1-8-4-9(2)6-10(5-8)17-11(7-16-3)12(15)14-13/h4-6,11H,7,13H2,1-3H3,(H,14,15). The number of benzene rings is 1. The highest BCUT2D eigenvalue weighted by Crippen LogP contribution is 2.17. The predicted octanol–water partition coefficient (Wildman–Crippen LogP) is 0.687. The van der Waals surface area contributed by atoms with Gasteiger partial charge >= 0.3 is 0 Å². The number of hydrogen-bond donors (Lipinski definition) is 2. The molecule has 1 aromatic rings. The number of hydrogen-bond acceptors (Lipinski definition) is 4. The van der Waals surface area contributed by atoms with Crippen LogP contribution < -0.4 is 16.0 Å². The first-order valence-electron chi connectivity index (χ1n) is 5.31. The molecule has 1 aromatic carbocycles. The number of aryl methyl sites for hydroxylation is 2. The quantitative estimate of drug-likeness (QED) is 0.449. The van der Waals surface area contributed by atoms with Crippen molar-refractivity contribution in [3.63, 3.8) is 0 Å². The number of ether oxygens (including phenoxy) is 2. The van der Waals surface area contributed by atoms with Gasteiger partial charge in [0.1, 0.15) is 5.75 Å². The van der Waals surface area contributed by atoms with Crippen molar-refractivity contribution >= 4 is 5.91 Å². The Balaban J connectivity index is 2.81. The van der Waals surface area contributed by atoms with Gasteiger partial charge in [0.05, 0.1) is 6.61 Å². The molecule has 0 fully saturated rings. The molecule has 0 bridgehead atoms. The zero-order chi connectivity index (χ0) is 12.8. The van der Waals surface area contributed by atoms with Crippen LogP contribution in [0.2, 0.25) is 0 Å². The van der Waals surface area contributed by atoms with Gasteiger partial charge in [0.2, 0.25) is 6.10 Å². The molecule has 17 heavy (non-hydrogen) atoms. The first-order chi connectivity index (χ1) is 8.06. The number of hydrazine groups is 1. The minimum absolute atomic E-state index is 0.149. The van der Waals surface area contributed by atoms with Gasteiger partial charge in [0.25, 0.3) is 5.91 Å². The number of carbonyl (C=O) groups is 1. The van der Waals surface area contributed by atoms with Gasteiger partial charge < -0.3 is 9.47 Å². The third kappa shape index (κ3) is 4.05. The van der Waals surface area contributed by atoms with Crippen LogP contribution >= 0.6 is 0 Å². The lowest BCUT2D eigenvalue weighted by molar-refractivity contribution is -0.130. The van der Waals surface area contributed by atoms with E-state index in [1.54, 1.807) is 0 Å². The Hall–Kier alpha value is -1.59. The van der Waals surface area contributed by atoms with Gasteiger partial charge in [-0.25, -0.2) is 5.84 Å². The van der Waals surface area contributed by atoms with E-state index in [-0.39, 0.29) is 6.61 Å². The highest BCUT2D eigenvalue weighted by molar-refractivity contribution is 5.80. The summed E-state index contributed by atoms with van der Waals surface area (Å²) in [6.07, 6.45) is -0.744. The van der Waals surface area contributed by atoms with Crippen LogP contribution in [0.25, 0.3) is 0 Å². The minimum atomic E-state index is -0.744. The van der Waals surface area contributed by atoms with Gasteiger partial charge in [-0.05, 0) is 37.1 Å². The van der Waals surface area contributed by atoms with Crippen LogP contribution in [0.4, 0.5) is 0 Å². The third-order valence-electron chi connectivity index (χ3n) is 2.23. The van der Waals surface area contributed by atoms with E-state index in [1.807, 2.05) is 32.0 Å². The summed E-state index contributed by atoms with van der Waals surface area (Å²) in [5, 5.41) is 0. The van der Waals surface area contributed by atoms with Crippen molar-refractivity contribution in [2.24, 2.45) is 5.84 Å². The maximum atomic E-state index is 11.4. The fourth-order valence-electron chi connectivity index (χ4n) is 1.57. The van der Waals surface area contributed by atoms with E-state index in [4.69, 9.17) is 15.3 Å². The fourth-order valence-corrected chi connectivity index (χ4v) is 1.57. The van der Waals surface area contributed by atoms with E-state index in [0.29, 0.717) is 5.75 Å². The smallest absolute Gasteiger partial charge is 0.277 e. The molecule has 1 atom stereocenters. The van der Waals surface area contributed by atoms with Gasteiger partial charge in [0.15, 0.2) is 0 Å². The fraction of sp³-hybridized carbons (Fsp3) is 0.417. The Bertz CT molecular complexity index is 373. The van der Waals surface area contributed by atoms with Crippen molar-refractivity contribution in [3.8, 4) is 5.75 Å². The van der Waals surface area contributed by atoms with Crippen molar-refractivity contribution in [2.45, 2.75) is 20.0 Å². The lowest BCUT2D eigenvalue weighted by Crippen LogP contribution is -2.44. The van der Waals surface area contributed by atoms with Gasteiger partial charge in [-0.2, -0.15) is 0 Å². The Morgan fingerprint density at radius 1 is 1.35 bits per heavy atom. The van der Waals surface area contributed by atoms with Crippen molar-refractivity contribution in [3.05, 3.63) is 29.3 Å². The monoisotopic (exact) mass is 238 g/mol. The summed E-state index contributed by atoms with van der Waals surface area (Å²) in [7, 11) is 1.50. The molecule has 3 N–H and O–H groups in total. The molecule has 5 nitrogen and oxygen atoms in total. The minimum Gasteiger partial charge on any atom is -0.478 e. The molecule has 5 heteroatoms. The molecule has 0 heterocycles. The van der Waals surface area contributed by atoms with Crippen LogP contribution in [0.15, 0.2) is 18.2 Å². The molecule has 0 saturated carbocycles. The number of nitrogens with one attached hydrogen (secondary N) is 1. The molecular weight excluding hydrogens is 220 g/mol. The van der Waals surface area contributed by atoms with E-state index in [0.717, 1.165) is 11.1 Å². The van der Waals surface area contributed by atoms with Gasteiger partial charge in [0, 0.05) is 7.11 Å². The molecule has 0 aliphatic carbocycles. The second-order valence-corrected chi connectivity index (χ2v) is 3.89. The zero-order valence-electron chi connectivity index (χ0n) is 10.3. The van der Waals surface area contributed by atoms with E-state index >= 15 is 0 Å². The molecule has 1 amide bonds. The van der Waals surface area contributed by atoms with Crippen LogP contribution in [0.3, 0.4) is 0 Å². The molecule has 0 saturated heterocycles. The maximum absolute atomic E-state index is 11.4. The van der Waals surface area contributed by atoms with Crippen LogP contribution in [0.5, 0.6) is 5.75 Å². The topological polar surface area (TPSA) is 73.6 Å². The van der Waals surface area contributed by atoms with Crippen molar-refractivity contribution < 1.29 is 14.3 Å². The second-order valence-electron chi connectivity index (χ2n) is 3.89. The van der Waals surface area contributed by atoms with E-state index in [9.17, 15) is 4.79 Å². The molecule has 1 unspecified atom stereocenters. The average molecular weight is 238 g/mol. The zero-order valence-corrected chi connectivity index (χ0v) is 10.3. The number of methoxy groups -OCH3 is 1. The number of nitrogens with two attached hydrogens (primary N) is 1. The van der Waals surface area contributed by atoms with Gasteiger partial charge in [-0.3, -0.25) is 10.2 Å². The summed E-state index contributed by atoms with van der Waals surface area (Å²) in [5.74, 6) is 5.30. The Kier molecular flexibility index (Phi) is 4.93. The normalized spacial score (nSPS) is 12.0. The Morgan fingerprint density at radius 2 is 1.94 bits per heavy atom. The lowest BCUT2D eigenvalue weighted by atomic mass is 10.1. The Morgan fingerprint density at radius 3 is 2.41 bits per heavy atom. The van der Waals surface area contributed by atoms with E-state index in [2.05, 4.69) is 5.43 Å². The molecule has 0 aromatic heterocycles. The summed E-state index contributed by atoms with van der Waals surface area (Å²) in [6.45, 7) is 4.08. The largest absolute Gasteiger partial charge is 0.478 e. The molecular formula is C12H18N2O3. The predicted molar refractivity (Wildman–Crippen MR) is 64.5 cm³/mol. The van der Waals surface area contributed by atoms with Gasteiger partial charge in [-0.1, -0.05) is 6.07 Å². The molecule has 0 aliphatic rings. The SMILES string of the molecule is COCC(Oc1cc(C)cc(C)c1)C(=O)NN. The number of amides is 1. The molecule has 0 spiro atoms. The van der Waals surface area contributed by atoms with Crippen LogP contribution in [0.1, 0.15) is 11.1 Å². The highest BCUT2D eigenvalue weighted by Gasteiger charge is 2.19. The van der Waals surface area contributed by atoms with E-state index < -0.39 is 12.0 Å². The summed E-state index contributed by atoms with van der Waals surface area (Å²) in [6, 6.07) is 5.75. The second kappa shape index (κ2) is 6.22. The third-order valence-corrected chi connectivity index (χ3v) is 2.23. The summed E-state index contributed by atoms with van der Waals surface area (Å²) < 4.78 is 10.5. The average Bonchev–Trinajstić information content (AvgIpc) is 2.26. The van der Waals surface area contributed by atoms with Crippen LogP contribution in [-0.4, -0.2) is 25.7 Å². The number of rotatable bonds is 5. The van der Waals surface area contributed by atoms with Crippen LogP contribution in [-0.2, 0) is 9.53 Å². The highest BCUT2D eigenvalue weighted by atomic mass is 16.5. The first-order valence-corrected chi connectivity index (χ1v) is 5.31. The molecule has 0 radical (unpaired) electrons. The molecule has 94 valence electrons. The summed E-state index contributed by atoms with van der Waals surface area (Å²) in [4.78, 5) is 11.4. The Labute approximate surface area is 101 Å². The summed E-state index contributed by atoms with van der Waals surface area (Å²) in [5.41, 5.74) is 4.20.